The van der Waals surface area contributed by atoms with Gasteiger partial charge in [-0.05, 0) is 31.8 Å². The molecule has 0 radical (unpaired) electrons. The number of nitrogens with zero attached hydrogens (tertiary/aromatic N) is 3. The molecule has 0 saturated carbocycles. The molecule has 0 unspecified atom stereocenters. The molecule has 1 amide bonds. The van der Waals surface area contributed by atoms with E-state index in [9.17, 15) is 4.79 Å². The van der Waals surface area contributed by atoms with E-state index < -0.39 is 0 Å². The van der Waals surface area contributed by atoms with Gasteiger partial charge in [-0.1, -0.05) is 6.92 Å². The predicted molar refractivity (Wildman–Crippen MR) is 84.6 cm³/mol. The zero-order chi connectivity index (χ0) is 14.7. The Morgan fingerprint density at radius 3 is 3.29 bits per heavy atom. The van der Waals surface area contributed by atoms with Crippen LogP contribution in [-0.4, -0.2) is 46.4 Å². The van der Waals surface area contributed by atoms with Crippen molar-refractivity contribution in [2.24, 2.45) is 5.92 Å². The fourth-order valence-electron chi connectivity index (χ4n) is 2.95. The summed E-state index contributed by atoms with van der Waals surface area (Å²) in [7, 11) is 0. The number of rotatable bonds is 5. The first kappa shape index (κ1) is 14.5. The molecule has 1 saturated heterocycles. The normalized spacial score (nSPS) is 20.0. The maximum absolute atomic E-state index is 12.0. The Hall–Kier alpha value is -1.40. The topological polar surface area (TPSA) is 49.6 Å². The number of thiazole rings is 1. The Labute approximate surface area is 129 Å². The number of carbonyl (C=O) groups is 1. The molecule has 1 aliphatic rings. The fourth-order valence-corrected chi connectivity index (χ4v) is 3.67. The number of hydrogen-bond donors (Lipinski definition) is 1. The zero-order valence-electron chi connectivity index (χ0n) is 12.4. The Morgan fingerprint density at radius 2 is 2.48 bits per heavy atom. The third-order valence-electron chi connectivity index (χ3n) is 4.12. The van der Waals surface area contributed by atoms with Crippen molar-refractivity contribution in [2.75, 3.05) is 26.2 Å². The molecular formula is C15H22N4OS. The van der Waals surface area contributed by atoms with Crippen molar-refractivity contribution < 1.29 is 4.79 Å². The average molecular weight is 306 g/mol. The van der Waals surface area contributed by atoms with Crippen LogP contribution in [0.1, 0.15) is 25.5 Å². The Morgan fingerprint density at radius 1 is 1.57 bits per heavy atom. The smallest absolute Gasteiger partial charge is 0.226 e. The highest BCUT2D eigenvalue weighted by atomic mass is 32.1. The number of aromatic nitrogens is 2. The van der Waals surface area contributed by atoms with Crippen molar-refractivity contribution >= 4 is 22.2 Å². The van der Waals surface area contributed by atoms with Crippen LogP contribution in [0.25, 0.3) is 4.96 Å². The maximum Gasteiger partial charge on any atom is 0.226 e. The van der Waals surface area contributed by atoms with Crippen LogP contribution in [0.2, 0.25) is 0 Å². The Kier molecular flexibility index (Phi) is 4.55. The van der Waals surface area contributed by atoms with Crippen LogP contribution < -0.4 is 5.32 Å². The van der Waals surface area contributed by atoms with Crippen LogP contribution in [0, 0.1) is 5.92 Å². The minimum Gasteiger partial charge on any atom is -0.355 e. The van der Waals surface area contributed by atoms with Crippen LogP contribution in [0.4, 0.5) is 0 Å². The lowest BCUT2D eigenvalue weighted by Crippen LogP contribution is -2.41. The van der Waals surface area contributed by atoms with Crippen LogP contribution >= 0.6 is 11.3 Å². The second kappa shape index (κ2) is 6.58. The first-order valence-electron chi connectivity index (χ1n) is 7.64. The molecule has 21 heavy (non-hydrogen) atoms. The number of nitrogens with one attached hydrogen (secondary N) is 1. The molecule has 0 aliphatic carbocycles. The largest absolute Gasteiger partial charge is 0.355 e. The summed E-state index contributed by atoms with van der Waals surface area (Å²) in [5.74, 6) is 0.669. The van der Waals surface area contributed by atoms with E-state index in [-0.39, 0.29) is 5.91 Å². The van der Waals surface area contributed by atoms with Gasteiger partial charge in [0, 0.05) is 30.9 Å². The van der Waals surface area contributed by atoms with Crippen LogP contribution in [0.15, 0.2) is 17.8 Å². The Balaban J connectivity index is 1.46. The average Bonchev–Trinajstić information content (AvgIpc) is 3.06. The van der Waals surface area contributed by atoms with E-state index in [1.165, 1.54) is 19.4 Å². The number of fused-ring (bicyclic) bond motifs is 1. The van der Waals surface area contributed by atoms with E-state index in [2.05, 4.69) is 22.1 Å². The number of imidazole rings is 1. The highest BCUT2D eigenvalue weighted by Crippen LogP contribution is 2.15. The standard InChI is InChI=1S/C15H22N4OS/c1-2-18-5-3-4-12(10-18)9-16-14(20)8-13-11-19-6-7-21-15(19)17-13/h6-7,11-12H,2-5,8-10H2,1H3,(H,16,20)/t12-/m1/s1. The lowest BCUT2D eigenvalue weighted by molar-refractivity contribution is -0.120. The number of amides is 1. The first-order chi connectivity index (χ1) is 10.2. The Bertz CT molecular complexity index is 577. The summed E-state index contributed by atoms with van der Waals surface area (Å²) in [5, 5.41) is 5.07. The molecule has 0 aromatic carbocycles. The van der Waals surface area contributed by atoms with Gasteiger partial charge < -0.3 is 10.2 Å². The van der Waals surface area contributed by atoms with Gasteiger partial charge in [-0.2, -0.15) is 0 Å². The number of carbonyl (C=O) groups excluding carboxylic acids is 1. The summed E-state index contributed by atoms with van der Waals surface area (Å²) in [6.07, 6.45) is 6.74. The van der Waals surface area contributed by atoms with Gasteiger partial charge in [0.2, 0.25) is 5.91 Å². The van der Waals surface area contributed by atoms with Gasteiger partial charge in [0.1, 0.15) is 0 Å². The van der Waals surface area contributed by atoms with Crippen LogP contribution in [0.3, 0.4) is 0 Å². The number of likely N-dealkylation sites (tertiary alicyclic amines) is 1. The number of piperidine rings is 1. The van der Waals surface area contributed by atoms with Crippen LogP contribution in [-0.2, 0) is 11.2 Å². The molecule has 1 N–H and O–H groups in total. The highest BCUT2D eigenvalue weighted by molar-refractivity contribution is 7.15. The van der Waals surface area contributed by atoms with Crippen molar-refractivity contribution in [1.82, 2.24) is 19.6 Å². The van der Waals surface area contributed by atoms with Crippen molar-refractivity contribution in [3.8, 4) is 0 Å². The van der Waals surface area contributed by atoms with Crippen LogP contribution in [0.5, 0.6) is 0 Å². The molecule has 1 fully saturated rings. The summed E-state index contributed by atoms with van der Waals surface area (Å²) < 4.78 is 1.97. The van der Waals surface area contributed by atoms with Gasteiger partial charge >= 0.3 is 0 Å². The fraction of sp³-hybridized carbons (Fsp3) is 0.600. The molecule has 2 aromatic heterocycles. The van der Waals surface area contributed by atoms with Crippen molar-refractivity contribution in [3.63, 3.8) is 0 Å². The molecule has 0 spiro atoms. The van der Waals surface area contributed by atoms with Crippen molar-refractivity contribution in [2.45, 2.75) is 26.2 Å². The lowest BCUT2D eigenvalue weighted by atomic mass is 9.98. The SMILES string of the molecule is CCN1CCC[C@H](CNC(=O)Cc2cn3ccsc3n2)C1. The van der Waals surface area contributed by atoms with E-state index in [1.807, 2.05) is 22.2 Å². The van der Waals surface area contributed by atoms with E-state index in [0.29, 0.717) is 12.3 Å². The quantitative estimate of drug-likeness (QED) is 0.916. The summed E-state index contributed by atoms with van der Waals surface area (Å²) in [6.45, 7) is 6.40. The van der Waals surface area contributed by atoms with Gasteiger partial charge in [0.05, 0.1) is 12.1 Å². The van der Waals surface area contributed by atoms with Gasteiger partial charge in [-0.3, -0.25) is 9.20 Å². The zero-order valence-corrected chi connectivity index (χ0v) is 13.2. The molecule has 1 atom stereocenters. The summed E-state index contributed by atoms with van der Waals surface area (Å²) in [6, 6.07) is 0. The predicted octanol–water partition coefficient (Wildman–Crippen LogP) is 1.79. The van der Waals surface area contributed by atoms with Gasteiger partial charge in [0.15, 0.2) is 4.96 Å². The first-order valence-corrected chi connectivity index (χ1v) is 8.52. The minimum atomic E-state index is 0.0781. The monoisotopic (exact) mass is 306 g/mol. The summed E-state index contributed by atoms with van der Waals surface area (Å²) in [5.41, 5.74) is 0.846. The molecule has 6 heteroatoms. The molecule has 5 nitrogen and oxygen atoms in total. The van der Waals surface area contributed by atoms with Crippen molar-refractivity contribution in [3.05, 3.63) is 23.5 Å². The van der Waals surface area contributed by atoms with Crippen molar-refractivity contribution in [1.29, 1.82) is 0 Å². The van der Waals surface area contributed by atoms with Gasteiger partial charge in [0.25, 0.3) is 0 Å². The third-order valence-corrected chi connectivity index (χ3v) is 4.89. The summed E-state index contributed by atoms with van der Waals surface area (Å²) in [4.78, 5) is 19.9. The van der Waals surface area contributed by atoms with E-state index in [1.54, 1.807) is 11.3 Å². The van der Waals surface area contributed by atoms with E-state index in [4.69, 9.17) is 0 Å². The molecule has 2 aromatic rings. The third kappa shape index (κ3) is 3.63. The molecule has 3 rings (SSSR count). The minimum absolute atomic E-state index is 0.0781. The van der Waals surface area contributed by atoms with E-state index in [0.717, 1.165) is 30.3 Å². The van der Waals surface area contributed by atoms with Gasteiger partial charge in [-0.25, -0.2) is 4.98 Å². The lowest BCUT2D eigenvalue weighted by Gasteiger charge is -2.31. The molecule has 114 valence electrons. The molecule has 3 heterocycles. The molecule has 1 aliphatic heterocycles. The van der Waals surface area contributed by atoms with Gasteiger partial charge in [-0.15, -0.1) is 11.3 Å². The molecular weight excluding hydrogens is 284 g/mol. The second-order valence-corrected chi connectivity index (χ2v) is 6.58. The highest BCUT2D eigenvalue weighted by Gasteiger charge is 2.19. The maximum atomic E-state index is 12.0. The van der Waals surface area contributed by atoms with E-state index >= 15 is 0 Å². The number of hydrogen-bond acceptors (Lipinski definition) is 4. The second-order valence-electron chi connectivity index (χ2n) is 5.71. The molecule has 0 bridgehead atoms. The summed E-state index contributed by atoms with van der Waals surface area (Å²) >= 11 is 1.59.